The van der Waals surface area contributed by atoms with Gasteiger partial charge in [-0.2, -0.15) is 13.2 Å². The molecule has 0 unspecified atom stereocenters. The number of halogens is 3. The molecule has 0 bridgehead atoms. The molecule has 0 atom stereocenters. The van der Waals surface area contributed by atoms with E-state index in [0.717, 1.165) is 54.5 Å². The summed E-state index contributed by atoms with van der Waals surface area (Å²) in [5.74, 6) is 7.67. The van der Waals surface area contributed by atoms with Crippen molar-refractivity contribution in [3.63, 3.8) is 0 Å². The summed E-state index contributed by atoms with van der Waals surface area (Å²) in [5.41, 5.74) is 1.96. The molecule has 0 amide bonds. The van der Waals surface area contributed by atoms with Gasteiger partial charge in [0.25, 0.3) is 0 Å². The number of benzene rings is 2. The van der Waals surface area contributed by atoms with E-state index >= 15 is 0 Å². The third-order valence-electron chi connectivity index (χ3n) is 4.96. The van der Waals surface area contributed by atoms with Crippen LogP contribution in [-0.2, 0) is 6.18 Å². The van der Waals surface area contributed by atoms with Crippen LogP contribution in [0.4, 0.5) is 13.2 Å². The molecule has 2 aromatic rings. The van der Waals surface area contributed by atoms with Crippen LogP contribution >= 0.6 is 0 Å². The van der Waals surface area contributed by atoms with Crippen molar-refractivity contribution in [2.24, 2.45) is 11.8 Å². The molecular formula is C23H21F3. The normalized spacial score (nSPS) is 20.1. The first-order valence-corrected chi connectivity index (χ1v) is 8.87. The van der Waals surface area contributed by atoms with E-state index in [9.17, 15) is 13.2 Å². The van der Waals surface area contributed by atoms with Gasteiger partial charge in [-0.05, 0) is 67.0 Å². The van der Waals surface area contributed by atoms with Gasteiger partial charge in [0.1, 0.15) is 0 Å². The van der Waals surface area contributed by atoms with Crippen LogP contribution < -0.4 is 0 Å². The van der Waals surface area contributed by atoms with Crippen LogP contribution in [0.5, 0.6) is 0 Å². The Morgan fingerprint density at radius 1 is 0.846 bits per heavy atom. The number of hydrogen-bond donors (Lipinski definition) is 0. The van der Waals surface area contributed by atoms with Gasteiger partial charge in [0.15, 0.2) is 0 Å². The van der Waals surface area contributed by atoms with Crippen LogP contribution in [0.3, 0.4) is 0 Å². The summed E-state index contributed by atoms with van der Waals surface area (Å²) < 4.78 is 37.9. The molecule has 26 heavy (non-hydrogen) atoms. The smallest absolute Gasteiger partial charge is 0.166 e. The highest BCUT2D eigenvalue weighted by Crippen LogP contribution is 2.31. The summed E-state index contributed by atoms with van der Waals surface area (Å²) in [6, 6.07) is 12.9. The van der Waals surface area contributed by atoms with Gasteiger partial charge in [-0.3, -0.25) is 0 Å². The Morgan fingerprint density at radius 2 is 1.38 bits per heavy atom. The van der Waals surface area contributed by atoms with E-state index in [0.29, 0.717) is 11.8 Å². The predicted molar refractivity (Wildman–Crippen MR) is 99.4 cm³/mol. The maximum absolute atomic E-state index is 12.6. The molecule has 0 saturated heterocycles. The molecule has 1 aliphatic rings. The Bertz CT molecular complexity index is 794. The summed E-state index contributed by atoms with van der Waals surface area (Å²) in [5, 5.41) is 0. The van der Waals surface area contributed by atoms with E-state index in [1.165, 1.54) is 12.1 Å². The summed E-state index contributed by atoms with van der Waals surface area (Å²) in [6.07, 6.45) is 2.30. The molecule has 1 fully saturated rings. The standard InChI is InChI=1S/C23H21F3/c1-2-17-3-5-18(6-4-17)7-8-19-9-11-20(12-10-19)21-13-15-22(16-14-21)23(24,25)26/h2,9-18H,1,3-6H2/t17-,18-. The Morgan fingerprint density at radius 3 is 1.88 bits per heavy atom. The number of rotatable bonds is 2. The largest absolute Gasteiger partial charge is 0.416 e. The van der Waals surface area contributed by atoms with Crippen LogP contribution in [0, 0.1) is 23.7 Å². The Hall–Kier alpha value is -2.47. The first-order chi connectivity index (χ1) is 12.5. The second-order valence-corrected chi connectivity index (χ2v) is 6.77. The van der Waals surface area contributed by atoms with Crippen LogP contribution in [0.15, 0.2) is 61.2 Å². The number of allylic oxidation sites excluding steroid dienone is 1. The van der Waals surface area contributed by atoms with Crippen molar-refractivity contribution in [1.82, 2.24) is 0 Å². The molecule has 2 aromatic carbocycles. The van der Waals surface area contributed by atoms with Crippen molar-refractivity contribution in [2.75, 3.05) is 0 Å². The molecule has 0 aromatic heterocycles. The van der Waals surface area contributed by atoms with Gasteiger partial charge in [0.2, 0.25) is 0 Å². The van der Waals surface area contributed by atoms with E-state index < -0.39 is 11.7 Å². The van der Waals surface area contributed by atoms with E-state index in [1.807, 2.05) is 30.3 Å². The lowest BCUT2D eigenvalue weighted by atomic mass is 9.82. The lowest BCUT2D eigenvalue weighted by molar-refractivity contribution is -0.137. The molecule has 3 heteroatoms. The van der Waals surface area contributed by atoms with Crippen LogP contribution in [0.25, 0.3) is 11.1 Å². The quantitative estimate of drug-likeness (QED) is 0.415. The van der Waals surface area contributed by atoms with Crippen molar-refractivity contribution < 1.29 is 13.2 Å². The second-order valence-electron chi connectivity index (χ2n) is 6.77. The van der Waals surface area contributed by atoms with Gasteiger partial charge in [-0.15, -0.1) is 6.58 Å². The zero-order valence-electron chi connectivity index (χ0n) is 14.5. The van der Waals surface area contributed by atoms with Crippen molar-refractivity contribution >= 4 is 0 Å². The fraction of sp³-hybridized carbons (Fsp3) is 0.304. The molecule has 0 radical (unpaired) electrons. The molecular weight excluding hydrogens is 333 g/mol. The minimum absolute atomic E-state index is 0.445. The molecule has 0 spiro atoms. The van der Waals surface area contributed by atoms with Crippen molar-refractivity contribution in [1.29, 1.82) is 0 Å². The Kier molecular flexibility index (Phi) is 5.52. The number of hydrogen-bond acceptors (Lipinski definition) is 0. The SMILES string of the molecule is C=C[C@H]1CC[C@H](C#Cc2ccc(-c3ccc(C(F)(F)F)cc3)cc2)CC1. The number of alkyl halides is 3. The van der Waals surface area contributed by atoms with Crippen molar-refractivity contribution in [3.05, 3.63) is 72.3 Å². The molecule has 3 rings (SSSR count). The zero-order chi connectivity index (χ0) is 18.6. The minimum atomic E-state index is -4.30. The average molecular weight is 354 g/mol. The lowest BCUT2D eigenvalue weighted by Crippen LogP contribution is -2.11. The fourth-order valence-corrected chi connectivity index (χ4v) is 3.28. The van der Waals surface area contributed by atoms with Gasteiger partial charge >= 0.3 is 6.18 Å². The second kappa shape index (κ2) is 7.83. The Balaban J connectivity index is 1.66. The summed E-state index contributed by atoms with van der Waals surface area (Å²) in [6.45, 7) is 3.86. The van der Waals surface area contributed by atoms with E-state index in [-0.39, 0.29) is 0 Å². The van der Waals surface area contributed by atoms with Gasteiger partial charge in [0, 0.05) is 11.5 Å². The van der Waals surface area contributed by atoms with Crippen LogP contribution in [0.2, 0.25) is 0 Å². The van der Waals surface area contributed by atoms with E-state index in [4.69, 9.17) is 0 Å². The summed E-state index contributed by atoms with van der Waals surface area (Å²) in [7, 11) is 0. The van der Waals surface area contributed by atoms with Gasteiger partial charge in [0.05, 0.1) is 5.56 Å². The highest BCUT2D eigenvalue weighted by molar-refractivity contribution is 5.64. The van der Waals surface area contributed by atoms with Crippen LogP contribution in [0.1, 0.15) is 36.8 Å². The third-order valence-corrected chi connectivity index (χ3v) is 4.96. The monoisotopic (exact) mass is 354 g/mol. The molecule has 0 N–H and O–H groups in total. The predicted octanol–water partition coefficient (Wildman–Crippen LogP) is 6.72. The maximum Gasteiger partial charge on any atom is 0.416 e. The lowest BCUT2D eigenvalue weighted by Gasteiger charge is -2.22. The van der Waals surface area contributed by atoms with Crippen LogP contribution in [-0.4, -0.2) is 0 Å². The van der Waals surface area contributed by atoms with Gasteiger partial charge in [-0.1, -0.05) is 42.2 Å². The van der Waals surface area contributed by atoms with Gasteiger partial charge < -0.3 is 0 Å². The molecule has 0 heterocycles. The van der Waals surface area contributed by atoms with Crippen molar-refractivity contribution in [2.45, 2.75) is 31.9 Å². The Labute approximate surface area is 152 Å². The van der Waals surface area contributed by atoms with Gasteiger partial charge in [-0.25, -0.2) is 0 Å². The van der Waals surface area contributed by atoms with E-state index in [2.05, 4.69) is 18.4 Å². The first kappa shape index (κ1) is 18.3. The first-order valence-electron chi connectivity index (χ1n) is 8.87. The summed E-state index contributed by atoms with van der Waals surface area (Å²) in [4.78, 5) is 0. The highest BCUT2D eigenvalue weighted by atomic mass is 19.4. The fourth-order valence-electron chi connectivity index (χ4n) is 3.28. The molecule has 0 aliphatic heterocycles. The minimum Gasteiger partial charge on any atom is -0.166 e. The maximum atomic E-state index is 12.6. The summed E-state index contributed by atoms with van der Waals surface area (Å²) >= 11 is 0. The zero-order valence-corrected chi connectivity index (χ0v) is 14.5. The molecule has 0 nitrogen and oxygen atoms in total. The molecule has 1 aliphatic carbocycles. The topological polar surface area (TPSA) is 0 Å². The highest BCUT2D eigenvalue weighted by Gasteiger charge is 2.29. The average Bonchev–Trinajstić information content (AvgIpc) is 2.66. The van der Waals surface area contributed by atoms with Crippen molar-refractivity contribution in [3.8, 4) is 23.0 Å². The third kappa shape index (κ3) is 4.58. The molecule has 1 saturated carbocycles. The molecule has 134 valence electrons. The van der Waals surface area contributed by atoms with E-state index in [1.54, 1.807) is 0 Å².